The van der Waals surface area contributed by atoms with E-state index in [-0.39, 0.29) is 36.3 Å². The molecule has 340 valence electrons. The average Bonchev–Trinajstić information content (AvgIpc) is 3.80. The van der Waals surface area contributed by atoms with Crippen LogP contribution < -0.4 is 0 Å². The van der Waals surface area contributed by atoms with Gasteiger partial charge in [-0.15, -0.1) is 0 Å². The molecule has 5 heterocycles. The molecule has 0 saturated carbocycles. The molecule has 0 spiro atoms. The van der Waals surface area contributed by atoms with E-state index in [9.17, 15) is 24.3 Å². The van der Waals surface area contributed by atoms with Crippen LogP contribution in [-0.4, -0.2) is 133 Å². The van der Waals surface area contributed by atoms with Gasteiger partial charge in [0.15, 0.2) is 17.7 Å². The number of Topliss-reactive ketones (excluding diaryl/α,β-unsaturated/α-hetero) is 2. The SMILES string of the molecule is CC[C@H]1OC(=O)[C@H](C)C(=O)[C@H](C)[C@@H](O[C@@H]2O[C@H](C)C[C@H](N(C)C(C)(C)C)[C@H]2O)[C@](C)(OC)C[C@@H](C)C(=O)[C@H](C)[C@H]2N(CCCCn3cnc(-c4cccnc4)c3)C(=O)O[C@]12C. The lowest BCUT2D eigenvalue weighted by Gasteiger charge is -2.49. The number of ether oxygens (including phenoxy) is 5. The number of ketones is 2. The first-order valence-corrected chi connectivity index (χ1v) is 22.0. The van der Waals surface area contributed by atoms with Crippen molar-refractivity contribution in [2.24, 2.45) is 23.7 Å². The Morgan fingerprint density at radius 3 is 2.33 bits per heavy atom. The lowest BCUT2D eigenvalue weighted by molar-refractivity contribution is -0.298. The molecular weight excluding hydrogens is 783 g/mol. The van der Waals surface area contributed by atoms with Crippen LogP contribution in [0.2, 0.25) is 0 Å². The number of likely N-dealkylation sites (N-methyl/N-ethyl adjacent to an activating group) is 1. The van der Waals surface area contributed by atoms with Crippen LogP contribution in [0.15, 0.2) is 37.1 Å². The minimum absolute atomic E-state index is 0.124. The third kappa shape index (κ3) is 10.2. The molecular formula is C46H71N5O10. The minimum atomic E-state index is -1.41. The summed E-state index contributed by atoms with van der Waals surface area (Å²) >= 11 is 0. The number of unbranched alkanes of at least 4 members (excludes halogenated alkanes) is 1. The molecule has 3 aliphatic rings. The molecule has 3 fully saturated rings. The number of amides is 1. The minimum Gasteiger partial charge on any atom is -0.458 e. The number of carbonyl (C=O) groups excluding carboxylic acids is 4. The van der Waals surface area contributed by atoms with Crippen molar-refractivity contribution >= 4 is 23.6 Å². The number of aryl methyl sites for hydroxylation is 1. The van der Waals surface area contributed by atoms with Crippen LogP contribution in [0.4, 0.5) is 4.79 Å². The Morgan fingerprint density at radius 1 is 1.02 bits per heavy atom. The lowest BCUT2D eigenvalue weighted by atomic mass is 9.73. The zero-order valence-electron chi connectivity index (χ0n) is 38.6. The molecule has 0 aliphatic carbocycles. The Morgan fingerprint density at radius 2 is 1.70 bits per heavy atom. The second-order valence-electron chi connectivity index (χ2n) is 19.1. The van der Waals surface area contributed by atoms with Crippen molar-refractivity contribution < 1.29 is 48.0 Å². The number of pyridine rings is 1. The molecule has 5 rings (SSSR count). The Bertz CT molecular complexity index is 1840. The molecule has 15 nitrogen and oxygen atoms in total. The van der Waals surface area contributed by atoms with Gasteiger partial charge in [0.2, 0.25) is 0 Å². The highest BCUT2D eigenvalue weighted by Crippen LogP contribution is 2.43. The van der Waals surface area contributed by atoms with E-state index in [1.165, 1.54) is 14.0 Å². The van der Waals surface area contributed by atoms with Gasteiger partial charge in [-0.2, -0.15) is 0 Å². The Balaban J connectivity index is 1.44. The molecule has 3 aliphatic heterocycles. The molecule has 15 heteroatoms. The third-order valence-electron chi connectivity index (χ3n) is 13.7. The normalized spacial score (nSPS) is 35.8. The summed E-state index contributed by atoms with van der Waals surface area (Å²) < 4.78 is 33.5. The molecule has 2 aromatic rings. The number of aliphatic hydroxyl groups is 1. The summed E-state index contributed by atoms with van der Waals surface area (Å²) in [6.45, 7) is 21.2. The number of carbonyl (C=O) groups is 4. The van der Waals surface area contributed by atoms with Crippen LogP contribution in [0.3, 0.4) is 0 Å². The maximum Gasteiger partial charge on any atom is 0.410 e. The van der Waals surface area contributed by atoms with Gasteiger partial charge in [-0.05, 0) is 99.8 Å². The maximum absolute atomic E-state index is 14.8. The predicted octanol–water partition coefficient (Wildman–Crippen LogP) is 6.10. The van der Waals surface area contributed by atoms with E-state index in [2.05, 4.69) is 35.6 Å². The van der Waals surface area contributed by atoms with Gasteiger partial charge in [0.05, 0.1) is 35.9 Å². The quantitative estimate of drug-likeness (QED) is 0.156. The number of hydrogen-bond acceptors (Lipinski definition) is 13. The molecule has 1 amide bonds. The summed E-state index contributed by atoms with van der Waals surface area (Å²) in [7, 11) is 3.46. The summed E-state index contributed by atoms with van der Waals surface area (Å²) in [5, 5.41) is 11.8. The molecule has 3 saturated heterocycles. The largest absolute Gasteiger partial charge is 0.458 e. The number of esters is 1. The molecule has 61 heavy (non-hydrogen) atoms. The highest BCUT2D eigenvalue weighted by molar-refractivity contribution is 6.00. The third-order valence-corrected chi connectivity index (χ3v) is 13.7. The molecule has 2 aromatic heterocycles. The van der Waals surface area contributed by atoms with Crippen LogP contribution in [0.1, 0.15) is 108 Å². The number of rotatable bonds is 11. The van der Waals surface area contributed by atoms with Gasteiger partial charge >= 0.3 is 12.1 Å². The average molecular weight is 854 g/mol. The van der Waals surface area contributed by atoms with Crippen molar-refractivity contribution in [3.8, 4) is 11.3 Å². The number of fused-ring (bicyclic) bond motifs is 1. The van der Waals surface area contributed by atoms with Crippen molar-refractivity contribution in [3.05, 3.63) is 37.1 Å². The number of imidazole rings is 1. The van der Waals surface area contributed by atoms with Gasteiger partial charge in [0, 0.05) is 73.7 Å². The number of cyclic esters (lactones) is 1. The topological polar surface area (TPSA) is 172 Å². The van der Waals surface area contributed by atoms with Crippen molar-refractivity contribution in [1.82, 2.24) is 24.3 Å². The summed E-state index contributed by atoms with van der Waals surface area (Å²) in [6, 6.07) is 2.70. The van der Waals surface area contributed by atoms with Crippen LogP contribution in [-0.2, 0) is 44.6 Å². The summed E-state index contributed by atoms with van der Waals surface area (Å²) in [5.41, 5.74) is -1.23. The van der Waals surface area contributed by atoms with E-state index < -0.39 is 83.4 Å². The number of nitrogens with zero attached hydrogens (tertiary/aromatic N) is 5. The van der Waals surface area contributed by atoms with Crippen LogP contribution in [0.5, 0.6) is 0 Å². The maximum atomic E-state index is 14.8. The number of hydrogen-bond donors (Lipinski definition) is 1. The van der Waals surface area contributed by atoms with Gasteiger partial charge in [0.1, 0.15) is 23.9 Å². The van der Waals surface area contributed by atoms with Gasteiger partial charge in [-0.25, -0.2) is 9.78 Å². The molecule has 0 unspecified atom stereocenters. The second kappa shape index (κ2) is 19.3. The Kier molecular flexibility index (Phi) is 15.3. The van der Waals surface area contributed by atoms with Crippen molar-refractivity contribution in [2.45, 2.75) is 174 Å². The molecule has 0 radical (unpaired) electrons. The fourth-order valence-corrected chi connectivity index (χ4v) is 9.80. The Hall–Kier alpha value is -3.76. The number of aliphatic hydroxyl groups excluding tert-OH is 1. The molecule has 1 N–H and O–H groups in total. The lowest BCUT2D eigenvalue weighted by Crippen LogP contribution is -2.62. The zero-order chi connectivity index (χ0) is 45.2. The summed E-state index contributed by atoms with van der Waals surface area (Å²) in [6.07, 6.45) is 4.33. The first-order chi connectivity index (χ1) is 28.6. The molecule has 0 aromatic carbocycles. The van der Waals surface area contributed by atoms with Gasteiger partial charge < -0.3 is 38.3 Å². The van der Waals surface area contributed by atoms with Crippen LogP contribution in [0, 0.1) is 23.7 Å². The summed E-state index contributed by atoms with van der Waals surface area (Å²) in [4.78, 5) is 69.6. The van der Waals surface area contributed by atoms with Crippen molar-refractivity contribution in [1.29, 1.82) is 0 Å². The Labute approximate surface area is 362 Å². The second-order valence-corrected chi connectivity index (χ2v) is 19.1. The van der Waals surface area contributed by atoms with E-state index in [4.69, 9.17) is 23.7 Å². The van der Waals surface area contributed by atoms with Gasteiger partial charge in [-0.3, -0.25) is 24.3 Å². The zero-order valence-corrected chi connectivity index (χ0v) is 38.6. The predicted molar refractivity (Wildman–Crippen MR) is 228 cm³/mol. The van der Waals surface area contributed by atoms with Crippen molar-refractivity contribution in [2.75, 3.05) is 20.7 Å². The fraction of sp³-hybridized carbons (Fsp3) is 0.739. The van der Waals surface area contributed by atoms with Crippen LogP contribution in [0.25, 0.3) is 11.3 Å². The summed E-state index contributed by atoms with van der Waals surface area (Å²) in [5.74, 6) is -4.99. The number of aromatic nitrogens is 3. The highest BCUT2D eigenvalue weighted by atomic mass is 16.7. The van der Waals surface area contributed by atoms with E-state index in [0.717, 1.165) is 11.3 Å². The first-order valence-electron chi connectivity index (χ1n) is 22.0. The number of methoxy groups -OCH3 is 1. The van der Waals surface area contributed by atoms with E-state index >= 15 is 0 Å². The monoisotopic (exact) mass is 854 g/mol. The van der Waals surface area contributed by atoms with Gasteiger partial charge in [0.25, 0.3) is 0 Å². The van der Waals surface area contributed by atoms with Gasteiger partial charge in [-0.1, -0.05) is 27.7 Å². The van der Waals surface area contributed by atoms with E-state index in [1.54, 1.807) is 51.3 Å². The highest BCUT2D eigenvalue weighted by Gasteiger charge is 2.60. The van der Waals surface area contributed by atoms with E-state index in [0.29, 0.717) is 32.4 Å². The molecule has 0 bridgehead atoms. The van der Waals surface area contributed by atoms with Crippen molar-refractivity contribution in [3.63, 3.8) is 0 Å². The first kappa shape index (κ1) is 48.3. The van der Waals surface area contributed by atoms with Crippen LogP contribution >= 0.6 is 0 Å². The fourth-order valence-electron chi connectivity index (χ4n) is 9.80. The standard InChI is InChI=1S/C46H71N5O10/c1-14-35-46(11)39(51(43(56)61-46)21-16-15-20-50-25-33(48-26-50)32-18-17-19-47-24-32)29(4)36(52)27(2)23-45(10,57-13)40(30(5)37(53)31(6)41(55)59-35)60-42-38(54)34(22-28(3)58-42)49(12)44(7,8)9/h17-19,24-31,34-35,38-40,42,54H,14-16,20-23H2,1-13H3/t27-,28-,29+,30+,31-,34+,35-,38-,39-,40-,42+,45-,46-/m1/s1. The molecule has 13 atom stereocenters. The van der Waals surface area contributed by atoms with E-state index in [1.807, 2.05) is 50.7 Å². The smallest absolute Gasteiger partial charge is 0.410 e.